The number of carboxylic acids is 1. The summed E-state index contributed by atoms with van der Waals surface area (Å²) < 4.78 is 0. The molecule has 0 atom stereocenters. The molecule has 0 amide bonds. The number of hydrogen-bond acceptors (Lipinski definition) is 2. The van der Waals surface area contributed by atoms with E-state index in [4.69, 9.17) is 5.11 Å². The minimum absolute atomic E-state index is 0.0737. The molecule has 0 bridgehead atoms. The zero-order chi connectivity index (χ0) is 10.4. The van der Waals surface area contributed by atoms with Crippen LogP contribution in [0.15, 0.2) is 35.2 Å². The second-order valence-electron chi connectivity index (χ2n) is 2.77. The largest absolute Gasteiger partial charge is 0.481 e. The molecule has 0 heterocycles. The van der Waals surface area contributed by atoms with E-state index in [0.29, 0.717) is 0 Å². The number of aliphatic carboxylic acids is 1. The van der Waals surface area contributed by atoms with Crippen molar-refractivity contribution < 1.29 is 9.90 Å². The zero-order valence-corrected chi connectivity index (χ0v) is 8.75. The summed E-state index contributed by atoms with van der Waals surface area (Å²) >= 11 is 1.69. The molecule has 0 aliphatic rings. The number of benzene rings is 1. The highest BCUT2D eigenvalue weighted by Crippen LogP contribution is 2.15. The summed E-state index contributed by atoms with van der Waals surface area (Å²) in [4.78, 5) is 11.4. The van der Waals surface area contributed by atoms with Gasteiger partial charge in [-0.15, -0.1) is 11.8 Å². The molecule has 2 nitrogen and oxygen atoms in total. The van der Waals surface area contributed by atoms with Crippen LogP contribution in [0.4, 0.5) is 0 Å². The molecule has 1 aromatic carbocycles. The minimum atomic E-state index is -0.804. The van der Waals surface area contributed by atoms with Crippen LogP contribution >= 0.6 is 11.8 Å². The molecule has 1 rings (SSSR count). The van der Waals surface area contributed by atoms with Gasteiger partial charge < -0.3 is 5.11 Å². The van der Waals surface area contributed by atoms with E-state index in [0.717, 1.165) is 5.56 Å². The molecule has 1 aromatic rings. The van der Waals surface area contributed by atoms with Crippen molar-refractivity contribution in [3.63, 3.8) is 0 Å². The second-order valence-corrected chi connectivity index (χ2v) is 3.65. The maximum Gasteiger partial charge on any atom is 0.307 e. The average Bonchev–Trinajstić information content (AvgIpc) is 2.18. The Morgan fingerprint density at radius 2 is 2.07 bits per heavy atom. The number of carboxylic acid groups (broad SMARTS) is 1. The van der Waals surface area contributed by atoms with Gasteiger partial charge in [-0.2, -0.15) is 0 Å². The van der Waals surface area contributed by atoms with Crippen LogP contribution in [0.2, 0.25) is 0 Å². The lowest BCUT2D eigenvalue weighted by molar-refractivity contribution is -0.135. The van der Waals surface area contributed by atoms with Crippen LogP contribution in [0.1, 0.15) is 12.0 Å². The van der Waals surface area contributed by atoms with Gasteiger partial charge in [0.15, 0.2) is 0 Å². The summed E-state index contributed by atoms with van der Waals surface area (Å²) in [6.45, 7) is 0. The predicted octanol–water partition coefficient (Wildman–Crippen LogP) is 2.90. The van der Waals surface area contributed by atoms with Crippen molar-refractivity contribution in [2.75, 3.05) is 6.26 Å². The molecule has 1 N–H and O–H groups in total. The molecular formula is C11H12O2S. The van der Waals surface area contributed by atoms with Crippen molar-refractivity contribution in [3.05, 3.63) is 35.9 Å². The molecular weight excluding hydrogens is 196 g/mol. The predicted molar refractivity (Wildman–Crippen MR) is 59.5 cm³/mol. The molecule has 0 aromatic heterocycles. The van der Waals surface area contributed by atoms with E-state index in [9.17, 15) is 4.79 Å². The lowest BCUT2D eigenvalue weighted by Crippen LogP contribution is -1.89. The summed E-state index contributed by atoms with van der Waals surface area (Å²) in [6.07, 6.45) is 5.56. The maximum absolute atomic E-state index is 10.2. The topological polar surface area (TPSA) is 37.3 Å². The molecule has 14 heavy (non-hydrogen) atoms. The van der Waals surface area contributed by atoms with Gasteiger partial charge in [-0.1, -0.05) is 24.3 Å². The second kappa shape index (κ2) is 5.50. The first kappa shape index (κ1) is 10.9. The number of rotatable bonds is 4. The Hall–Kier alpha value is -1.22. The highest BCUT2D eigenvalue weighted by molar-refractivity contribution is 7.98. The first-order valence-corrected chi connectivity index (χ1v) is 5.47. The van der Waals surface area contributed by atoms with Crippen LogP contribution in [-0.2, 0) is 4.79 Å². The van der Waals surface area contributed by atoms with E-state index < -0.39 is 5.97 Å². The third kappa shape index (κ3) is 3.66. The van der Waals surface area contributed by atoms with Gasteiger partial charge in [0.1, 0.15) is 0 Å². The monoisotopic (exact) mass is 208 g/mol. The molecule has 3 heteroatoms. The highest BCUT2D eigenvalue weighted by Gasteiger charge is 1.91. The van der Waals surface area contributed by atoms with Crippen LogP contribution in [-0.4, -0.2) is 17.3 Å². The fourth-order valence-corrected chi connectivity index (χ4v) is 1.42. The van der Waals surface area contributed by atoms with Gasteiger partial charge in [0, 0.05) is 4.90 Å². The van der Waals surface area contributed by atoms with E-state index in [-0.39, 0.29) is 6.42 Å². The average molecular weight is 208 g/mol. The summed E-state index contributed by atoms with van der Waals surface area (Å²) in [7, 11) is 0. The first-order valence-electron chi connectivity index (χ1n) is 4.25. The quantitative estimate of drug-likeness (QED) is 0.773. The van der Waals surface area contributed by atoms with Gasteiger partial charge in [-0.05, 0) is 24.0 Å². The molecule has 74 valence electrons. The first-order chi connectivity index (χ1) is 6.72. The van der Waals surface area contributed by atoms with Crippen molar-refractivity contribution in [2.45, 2.75) is 11.3 Å². The van der Waals surface area contributed by atoms with Gasteiger partial charge in [0.2, 0.25) is 0 Å². The van der Waals surface area contributed by atoms with Crippen LogP contribution in [0.3, 0.4) is 0 Å². The minimum Gasteiger partial charge on any atom is -0.481 e. The highest BCUT2D eigenvalue weighted by atomic mass is 32.2. The van der Waals surface area contributed by atoms with Gasteiger partial charge in [0.05, 0.1) is 6.42 Å². The number of carbonyl (C=O) groups is 1. The standard InChI is InChI=1S/C11H12O2S/c1-14-10-7-5-9(6-8-10)3-2-4-11(12)13/h2-3,5-8H,4H2,1H3,(H,12,13)/b3-2+. The molecule has 0 aliphatic carbocycles. The lowest BCUT2D eigenvalue weighted by atomic mass is 10.2. The molecule has 0 saturated heterocycles. The Morgan fingerprint density at radius 1 is 1.43 bits per heavy atom. The SMILES string of the molecule is CSc1ccc(/C=C/CC(=O)O)cc1. The Labute approximate surface area is 87.6 Å². The van der Waals surface area contributed by atoms with E-state index in [2.05, 4.69) is 0 Å². The van der Waals surface area contributed by atoms with Gasteiger partial charge >= 0.3 is 5.97 Å². The van der Waals surface area contributed by atoms with Crippen LogP contribution in [0.5, 0.6) is 0 Å². The Balaban J connectivity index is 2.59. The number of thioether (sulfide) groups is 1. The third-order valence-electron chi connectivity index (χ3n) is 1.72. The van der Waals surface area contributed by atoms with E-state index in [1.165, 1.54) is 4.90 Å². The summed E-state index contributed by atoms with van der Waals surface area (Å²) in [6, 6.07) is 7.99. The molecule has 0 aliphatic heterocycles. The zero-order valence-electron chi connectivity index (χ0n) is 7.93. The molecule has 0 unspecified atom stereocenters. The lowest BCUT2D eigenvalue weighted by Gasteiger charge is -1.96. The van der Waals surface area contributed by atoms with Gasteiger partial charge in [-0.3, -0.25) is 4.79 Å². The van der Waals surface area contributed by atoms with Gasteiger partial charge in [-0.25, -0.2) is 0 Å². The summed E-state index contributed by atoms with van der Waals surface area (Å²) in [5.41, 5.74) is 1.03. The normalized spacial score (nSPS) is 10.6. The number of hydrogen-bond donors (Lipinski definition) is 1. The summed E-state index contributed by atoms with van der Waals surface area (Å²) in [5.74, 6) is -0.804. The molecule has 0 fully saturated rings. The van der Waals surface area contributed by atoms with Crippen molar-refractivity contribution in [2.24, 2.45) is 0 Å². The fourth-order valence-electron chi connectivity index (χ4n) is 1.01. The van der Waals surface area contributed by atoms with Crippen molar-refractivity contribution in [3.8, 4) is 0 Å². The fraction of sp³-hybridized carbons (Fsp3) is 0.182. The van der Waals surface area contributed by atoms with Gasteiger partial charge in [0.25, 0.3) is 0 Å². The van der Waals surface area contributed by atoms with Crippen molar-refractivity contribution >= 4 is 23.8 Å². The van der Waals surface area contributed by atoms with Crippen LogP contribution in [0, 0.1) is 0 Å². The summed E-state index contributed by atoms with van der Waals surface area (Å²) in [5, 5.41) is 8.42. The Morgan fingerprint density at radius 3 is 2.57 bits per heavy atom. The molecule has 0 spiro atoms. The Kier molecular flexibility index (Phi) is 4.26. The van der Waals surface area contributed by atoms with E-state index >= 15 is 0 Å². The molecule has 0 saturated carbocycles. The maximum atomic E-state index is 10.2. The van der Waals surface area contributed by atoms with E-state index in [1.807, 2.05) is 36.6 Å². The van der Waals surface area contributed by atoms with Crippen LogP contribution < -0.4 is 0 Å². The van der Waals surface area contributed by atoms with Crippen LogP contribution in [0.25, 0.3) is 6.08 Å². The smallest absolute Gasteiger partial charge is 0.307 e. The molecule has 0 radical (unpaired) electrons. The van der Waals surface area contributed by atoms with Crippen molar-refractivity contribution in [1.82, 2.24) is 0 Å². The van der Waals surface area contributed by atoms with Crippen molar-refractivity contribution in [1.29, 1.82) is 0 Å². The van der Waals surface area contributed by atoms with E-state index in [1.54, 1.807) is 17.8 Å². The Bertz CT molecular complexity index is 328. The third-order valence-corrected chi connectivity index (χ3v) is 2.46.